The molecular weight excluding hydrogens is 298 g/mol. The molecule has 0 radical (unpaired) electrons. The number of unbranched alkanes of at least 4 members (excludes halogenated alkanes) is 1. The molecule has 2 aliphatic rings. The van der Waals surface area contributed by atoms with E-state index in [0.717, 1.165) is 43.4 Å². The number of nitrogens with zero attached hydrogens (tertiary/aromatic N) is 3. The number of nitrogen functional groups attached to an aromatic ring is 1. The summed E-state index contributed by atoms with van der Waals surface area (Å²) >= 11 is 0. The van der Waals surface area contributed by atoms with Gasteiger partial charge in [0.05, 0.1) is 0 Å². The summed E-state index contributed by atoms with van der Waals surface area (Å²) < 4.78 is 0. The molecule has 3 rings (SSSR count). The van der Waals surface area contributed by atoms with Crippen LogP contribution in [0, 0.1) is 5.92 Å². The van der Waals surface area contributed by atoms with Gasteiger partial charge >= 0.3 is 0 Å². The van der Waals surface area contributed by atoms with Crippen molar-refractivity contribution in [2.24, 2.45) is 5.92 Å². The van der Waals surface area contributed by atoms with Crippen LogP contribution in [-0.4, -0.2) is 36.1 Å². The summed E-state index contributed by atoms with van der Waals surface area (Å²) in [5.41, 5.74) is 7.06. The Morgan fingerprint density at radius 1 is 1.17 bits per heavy atom. The van der Waals surface area contributed by atoms with Crippen LogP contribution >= 0.6 is 0 Å². The van der Waals surface area contributed by atoms with Gasteiger partial charge in [0, 0.05) is 30.9 Å². The highest BCUT2D eigenvalue weighted by Crippen LogP contribution is 2.28. The molecule has 0 amide bonds. The van der Waals surface area contributed by atoms with Gasteiger partial charge in [-0.2, -0.15) is 4.98 Å². The molecule has 134 valence electrons. The van der Waals surface area contributed by atoms with Crippen LogP contribution < -0.4 is 16.0 Å². The number of nitrogens with one attached hydrogen (secondary N) is 1. The monoisotopic (exact) mass is 331 g/mol. The minimum Gasteiger partial charge on any atom is -0.368 e. The Kier molecular flexibility index (Phi) is 6.30. The van der Waals surface area contributed by atoms with Crippen molar-refractivity contribution in [1.29, 1.82) is 0 Å². The van der Waals surface area contributed by atoms with E-state index in [1.807, 2.05) is 7.05 Å². The molecule has 1 atom stereocenters. The van der Waals surface area contributed by atoms with Crippen molar-refractivity contribution >= 4 is 11.8 Å². The molecule has 3 N–H and O–H groups in total. The molecule has 0 aromatic carbocycles. The van der Waals surface area contributed by atoms with Crippen molar-refractivity contribution in [3.05, 3.63) is 11.8 Å². The first-order valence-electron chi connectivity index (χ1n) is 9.80. The second-order valence-electron chi connectivity index (χ2n) is 7.55. The summed E-state index contributed by atoms with van der Waals surface area (Å²) in [5.74, 6) is 2.40. The van der Waals surface area contributed by atoms with Crippen LogP contribution in [0.4, 0.5) is 11.8 Å². The van der Waals surface area contributed by atoms with Gasteiger partial charge in [0.15, 0.2) is 0 Å². The quantitative estimate of drug-likeness (QED) is 0.751. The highest BCUT2D eigenvalue weighted by molar-refractivity contribution is 5.44. The Morgan fingerprint density at radius 2 is 2.00 bits per heavy atom. The molecule has 0 spiro atoms. The van der Waals surface area contributed by atoms with Gasteiger partial charge in [-0.1, -0.05) is 44.9 Å². The molecule has 5 heteroatoms. The molecule has 1 saturated heterocycles. The molecule has 1 aliphatic carbocycles. The van der Waals surface area contributed by atoms with Crippen LogP contribution in [0.3, 0.4) is 0 Å². The largest absolute Gasteiger partial charge is 0.368 e. The number of aryl methyl sites for hydroxylation is 1. The lowest BCUT2D eigenvalue weighted by molar-refractivity contribution is 0.329. The lowest BCUT2D eigenvalue weighted by Gasteiger charge is -2.21. The highest BCUT2D eigenvalue weighted by Gasteiger charge is 2.22. The summed E-state index contributed by atoms with van der Waals surface area (Å²) in [7, 11) is 2.03. The summed E-state index contributed by atoms with van der Waals surface area (Å²) in [4.78, 5) is 11.2. The third-order valence-electron chi connectivity index (χ3n) is 5.72. The van der Waals surface area contributed by atoms with E-state index in [2.05, 4.69) is 26.3 Å². The number of aromatic nitrogens is 2. The smallest absolute Gasteiger partial charge is 0.222 e. The fraction of sp³-hybridized carbons (Fsp3) is 0.789. The molecule has 2 heterocycles. The van der Waals surface area contributed by atoms with Gasteiger partial charge in [-0.15, -0.1) is 0 Å². The summed E-state index contributed by atoms with van der Waals surface area (Å²) in [6.07, 6.45) is 13.3. The number of hydrogen-bond acceptors (Lipinski definition) is 5. The van der Waals surface area contributed by atoms with Crippen LogP contribution in [0.5, 0.6) is 0 Å². The van der Waals surface area contributed by atoms with E-state index >= 15 is 0 Å². The standard InChI is InChI=1S/C19H33N5/c1-21-17-11-12-24(14-17)18-13-16(22-19(20)23-18)10-6-5-9-15-7-3-2-4-8-15/h13,15,17,21H,2-12,14H2,1H3,(H2,20,22,23)/t17-/m1/s1. The fourth-order valence-corrected chi connectivity index (χ4v) is 4.21. The third kappa shape index (κ3) is 4.82. The molecular formula is C19H33N5. The van der Waals surface area contributed by atoms with E-state index in [-0.39, 0.29) is 0 Å². The summed E-state index contributed by atoms with van der Waals surface area (Å²) in [6.45, 7) is 2.05. The second-order valence-corrected chi connectivity index (χ2v) is 7.55. The SMILES string of the molecule is CN[C@@H]1CCN(c2cc(CCCCC3CCCCC3)nc(N)n2)C1. The molecule has 1 aromatic heterocycles. The van der Waals surface area contributed by atoms with E-state index in [0.29, 0.717) is 12.0 Å². The average Bonchev–Trinajstić information content (AvgIpc) is 3.08. The zero-order valence-electron chi connectivity index (χ0n) is 15.1. The Hall–Kier alpha value is -1.36. The van der Waals surface area contributed by atoms with E-state index in [1.54, 1.807) is 0 Å². The van der Waals surface area contributed by atoms with Gasteiger partial charge in [0.25, 0.3) is 0 Å². The maximum absolute atomic E-state index is 5.95. The number of anilines is 2. The molecule has 1 aliphatic heterocycles. The van der Waals surface area contributed by atoms with E-state index in [1.165, 1.54) is 51.4 Å². The molecule has 2 fully saturated rings. The number of rotatable bonds is 7. The van der Waals surface area contributed by atoms with Crippen LogP contribution in [-0.2, 0) is 6.42 Å². The second kappa shape index (κ2) is 8.65. The predicted molar refractivity (Wildman–Crippen MR) is 100 cm³/mol. The lowest BCUT2D eigenvalue weighted by atomic mass is 9.85. The first-order chi connectivity index (χ1) is 11.7. The first-order valence-corrected chi connectivity index (χ1v) is 9.80. The zero-order valence-corrected chi connectivity index (χ0v) is 15.1. The van der Waals surface area contributed by atoms with Crippen LogP contribution in [0.1, 0.15) is 63.5 Å². The normalized spacial score (nSPS) is 22.2. The van der Waals surface area contributed by atoms with Gasteiger partial charge in [0.2, 0.25) is 5.95 Å². The maximum Gasteiger partial charge on any atom is 0.222 e. The first kappa shape index (κ1) is 17.5. The topological polar surface area (TPSA) is 67.1 Å². The van der Waals surface area contributed by atoms with Crippen molar-refractivity contribution < 1.29 is 0 Å². The van der Waals surface area contributed by atoms with Gasteiger partial charge in [-0.05, 0) is 32.2 Å². The van der Waals surface area contributed by atoms with Crippen molar-refractivity contribution in [3.8, 4) is 0 Å². The van der Waals surface area contributed by atoms with Gasteiger partial charge in [0.1, 0.15) is 5.82 Å². The van der Waals surface area contributed by atoms with Crippen LogP contribution in [0.2, 0.25) is 0 Å². The van der Waals surface area contributed by atoms with E-state index < -0.39 is 0 Å². The molecule has 5 nitrogen and oxygen atoms in total. The Balaban J connectivity index is 1.48. The molecule has 1 saturated carbocycles. The summed E-state index contributed by atoms with van der Waals surface area (Å²) in [6, 6.07) is 2.70. The summed E-state index contributed by atoms with van der Waals surface area (Å²) in [5, 5.41) is 3.35. The Morgan fingerprint density at radius 3 is 2.75 bits per heavy atom. The highest BCUT2D eigenvalue weighted by atomic mass is 15.2. The lowest BCUT2D eigenvalue weighted by Crippen LogP contribution is -2.30. The van der Waals surface area contributed by atoms with E-state index in [4.69, 9.17) is 5.73 Å². The van der Waals surface area contributed by atoms with E-state index in [9.17, 15) is 0 Å². The minimum atomic E-state index is 0.419. The van der Waals surface area contributed by atoms with Crippen LogP contribution in [0.25, 0.3) is 0 Å². The fourth-order valence-electron chi connectivity index (χ4n) is 4.21. The van der Waals surface area contributed by atoms with Crippen molar-refractivity contribution in [3.63, 3.8) is 0 Å². The molecule has 0 unspecified atom stereocenters. The number of likely N-dealkylation sites (N-methyl/N-ethyl adjacent to an activating group) is 1. The third-order valence-corrected chi connectivity index (χ3v) is 5.72. The number of hydrogen-bond donors (Lipinski definition) is 2. The number of nitrogens with two attached hydrogens (primary N) is 1. The maximum atomic E-state index is 5.95. The van der Waals surface area contributed by atoms with Crippen LogP contribution in [0.15, 0.2) is 6.07 Å². The Bertz CT molecular complexity index is 512. The molecule has 24 heavy (non-hydrogen) atoms. The molecule has 0 bridgehead atoms. The Labute approximate surface area is 146 Å². The molecule has 1 aromatic rings. The zero-order chi connectivity index (χ0) is 16.8. The van der Waals surface area contributed by atoms with Crippen molar-refractivity contribution in [2.75, 3.05) is 30.8 Å². The predicted octanol–water partition coefficient (Wildman–Crippen LogP) is 3.15. The van der Waals surface area contributed by atoms with Crippen molar-refractivity contribution in [2.45, 2.75) is 70.3 Å². The van der Waals surface area contributed by atoms with Crippen molar-refractivity contribution in [1.82, 2.24) is 15.3 Å². The van der Waals surface area contributed by atoms with Gasteiger partial charge < -0.3 is 16.0 Å². The minimum absolute atomic E-state index is 0.419. The van der Waals surface area contributed by atoms with Gasteiger partial charge in [-0.3, -0.25) is 0 Å². The van der Waals surface area contributed by atoms with Gasteiger partial charge in [-0.25, -0.2) is 4.98 Å². The average molecular weight is 332 g/mol.